The fraction of sp³-hybridized carbons (Fsp3) is 0.412. The van der Waals surface area contributed by atoms with Crippen LogP contribution in [0.3, 0.4) is 0 Å². The first-order valence-electron chi connectivity index (χ1n) is 7.66. The molecule has 0 radical (unpaired) electrons. The van der Waals surface area contributed by atoms with E-state index in [1.165, 1.54) is 32.4 Å². The van der Waals surface area contributed by atoms with Crippen molar-refractivity contribution in [2.45, 2.75) is 26.3 Å². The van der Waals surface area contributed by atoms with E-state index in [4.69, 9.17) is 4.74 Å². The second kappa shape index (κ2) is 6.82. The minimum atomic E-state index is -0.777. The number of amides is 3. The SMILES string of the molecule is CC[C@@H](C)[C@@H](NC(=O)c1ccc2c(c1)C(=O)N(C)C2=O)C(=O)OC. The highest BCUT2D eigenvalue weighted by atomic mass is 16.5. The summed E-state index contributed by atoms with van der Waals surface area (Å²) in [4.78, 5) is 49.2. The van der Waals surface area contributed by atoms with Gasteiger partial charge in [-0.3, -0.25) is 19.3 Å². The van der Waals surface area contributed by atoms with Gasteiger partial charge in [0.05, 0.1) is 18.2 Å². The quantitative estimate of drug-likeness (QED) is 0.647. The number of nitrogens with zero attached hydrogens (tertiary/aromatic N) is 1. The average molecular weight is 332 g/mol. The van der Waals surface area contributed by atoms with E-state index < -0.39 is 29.7 Å². The molecule has 24 heavy (non-hydrogen) atoms. The van der Waals surface area contributed by atoms with Crippen molar-refractivity contribution < 1.29 is 23.9 Å². The van der Waals surface area contributed by atoms with Crippen LogP contribution < -0.4 is 5.32 Å². The second-order valence-corrected chi connectivity index (χ2v) is 5.79. The number of carbonyl (C=O) groups excluding carboxylic acids is 4. The van der Waals surface area contributed by atoms with E-state index in [1.807, 2.05) is 13.8 Å². The molecule has 7 nitrogen and oxygen atoms in total. The van der Waals surface area contributed by atoms with E-state index >= 15 is 0 Å². The van der Waals surface area contributed by atoms with Gasteiger partial charge < -0.3 is 10.1 Å². The van der Waals surface area contributed by atoms with Gasteiger partial charge in [-0.1, -0.05) is 20.3 Å². The molecule has 2 rings (SSSR count). The van der Waals surface area contributed by atoms with Crippen molar-refractivity contribution in [1.29, 1.82) is 0 Å². The van der Waals surface area contributed by atoms with Gasteiger partial charge in [0.25, 0.3) is 17.7 Å². The highest BCUT2D eigenvalue weighted by molar-refractivity contribution is 6.21. The summed E-state index contributed by atoms with van der Waals surface area (Å²) >= 11 is 0. The third kappa shape index (κ3) is 3.02. The van der Waals surface area contributed by atoms with Gasteiger partial charge in [-0.05, 0) is 24.1 Å². The number of fused-ring (bicyclic) bond motifs is 1. The molecule has 0 aromatic heterocycles. The maximum absolute atomic E-state index is 12.4. The van der Waals surface area contributed by atoms with Crippen LogP contribution in [0.2, 0.25) is 0 Å². The number of hydrogen-bond acceptors (Lipinski definition) is 5. The molecule has 1 aliphatic rings. The van der Waals surface area contributed by atoms with Crippen molar-refractivity contribution in [1.82, 2.24) is 10.2 Å². The summed E-state index contributed by atoms with van der Waals surface area (Å²) in [7, 11) is 2.65. The lowest BCUT2D eigenvalue weighted by Crippen LogP contribution is -2.45. The average Bonchev–Trinajstić information content (AvgIpc) is 2.82. The number of imide groups is 1. The molecule has 0 bridgehead atoms. The van der Waals surface area contributed by atoms with Crippen LogP contribution in [0.4, 0.5) is 0 Å². The lowest BCUT2D eigenvalue weighted by molar-refractivity contribution is -0.144. The molecule has 1 heterocycles. The van der Waals surface area contributed by atoms with Gasteiger partial charge in [-0.25, -0.2) is 4.79 Å². The van der Waals surface area contributed by atoms with Gasteiger partial charge in [-0.15, -0.1) is 0 Å². The van der Waals surface area contributed by atoms with Gasteiger partial charge in [0.1, 0.15) is 6.04 Å². The summed E-state index contributed by atoms with van der Waals surface area (Å²) in [6.45, 7) is 3.74. The van der Waals surface area contributed by atoms with Gasteiger partial charge in [0.2, 0.25) is 0 Å². The molecule has 128 valence electrons. The minimum absolute atomic E-state index is 0.106. The lowest BCUT2D eigenvalue weighted by Gasteiger charge is -2.21. The van der Waals surface area contributed by atoms with Crippen molar-refractivity contribution in [3.8, 4) is 0 Å². The summed E-state index contributed by atoms with van der Waals surface area (Å²) in [6, 6.07) is 3.51. The van der Waals surface area contributed by atoms with Gasteiger partial charge in [-0.2, -0.15) is 0 Å². The molecule has 3 amide bonds. The van der Waals surface area contributed by atoms with Gasteiger partial charge in [0, 0.05) is 12.6 Å². The first-order valence-corrected chi connectivity index (χ1v) is 7.66. The monoisotopic (exact) mass is 332 g/mol. The van der Waals surface area contributed by atoms with E-state index in [0.717, 1.165) is 4.90 Å². The van der Waals surface area contributed by atoms with Gasteiger partial charge in [0.15, 0.2) is 0 Å². The highest BCUT2D eigenvalue weighted by Gasteiger charge is 2.34. The Balaban J connectivity index is 2.26. The van der Waals surface area contributed by atoms with Crippen LogP contribution in [0.5, 0.6) is 0 Å². The molecule has 0 aliphatic carbocycles. The second-order valence-electron chi connectivity index (χ2n) is 5.79. The number of nitrogens with one attached hydrogen (secondary N) is 1. The zero-order valence-corrected chi connectivity index (χ0v) is 14.1. The van der Waals surface area contributed by atoms with Crippen LogP contribution in [0.1, 0.15) is 51.3 Å². The van der Waals surface area contributed by atoms with E-state index in [0.29, 0.717) is 6.42 Å². The molecule has 1 aromatic rings. The van der Waals surface area contributed by atoms with Gasteiger partial charge >= 0.3 is 5.97 Å². The summed E-state index contributed by atoms with van der Waals surface area (Å²) < 4.78 is 4.73. The van der Waals surface area contributed by atoms with Crippen LogP contribution >= 0.6 is 0 Å². The Kier molecular flexibility index (Phi) is 5.02. The van der Waals surface area contributed by atoms with Crippen LogP contribution in [0, 0.1) is 5.92 Å². The van der Waals surface area contributed by atoms with E-state index in [2.05, 4.69) is 5.32 Å². The van der Waals surface area contributed by atoms with E-state index in [9.17, 15) is 19.2 Å². The molecular formula is C17H20N2O5. The number of methoxy groups -OCH3 is 1. The van der Waals surface area contributed by atoms with E-state index in [-0.39, 0.29) is 22.6 Å². The Morgan fingerprint density at radius 3 is 2.42 bits per heavy atom. The molecule has 2 atom stereocenters. The summed E-state index contributed by atoms with van der Waals surface area (Å²) in [5, 5.41) is 2.64. The summed E-state index contributed by atoms with van der Waals surface area (Å²) in [5.41, 5.74) is 0.668. The Bertz CT molecular complexity index is 713. The molecule has 1 aliphatic heterocycles. The molecule has 1 N–H and O–H groups in total. The van der Waals surface area contributed by atoms with Crippen molar-refractivity contribution in [3.63, 3.8) is 0 Å². The number of benzene rings is 1. The molecule has 0 fully saturated rings. The third-order valence-electron chi connectivity index (χ3n) is 4.31. The maximum atomic E-state index is 12.4. The van der Waals surface area contributed by atoms with Crippen molar-refractivity contribution >= 4 is 23.7 Å². The number of carbonyl (C=O) groups is 4. The van der Waals surface area contributed by atoms with Crippen molar-refractivity contribution in [2.75, 3.05) is 14.2 Å². The molecule has 0 saturated carbocycles. The Labute approximate surface area is 140 Å². The molecule has 0 spiro atoms. The zero-order chi connectivity index (χ0) is 18.0. The topological polar surface area (TPSA) is 92.8 Å². The number of esters is 1. The number of rotatable bonds is 5. The molecule has 0 saturated heterocycles. The minimum Gasteiger partial charge on any atom is -0.467 e. The molecule has 7 heteroatoms. The lowest BCUT2D eigenvalue weighted by atomic mass is 9.98. The van der Waals surface area contributed by atoms with Crippen LogP contribution in [-0.2, 0) is 9.53 Å². The first kappa shape index (κ1) is 17.7. The predicted octanol–water partition coefficient (Wildman–Crippen LogP) is 1.23. The zero-order valence-electron chi connectivity index (χ0n) is 14.1. The Morgan fingerprint density at radius 2 is 1.83 bits per heavy atom. The standard InChI is InChI=1S/C17H20N2O5/c1-5-9(2)13(17(23)24-4)18-14(20)10-6-7-11-12(8-10)16(22)19(3)15(11)21/h6-9,13H,5H2,1-4H3,(H,18,20)/t9-,13-/m1/s1. The van der Waals surface area contributed by atoms with Crippen molar-refractivity contribution in [2.24, 2.45) is 5.92 Å². The van der Waals surface area contributed by atoms with Crippen LogP contribution in [-0.4, -0.2) is 48.8 Å². The van der Waals surface area contributed by atoms with Crippen LogP contribution in [0.15, 0.2) is 18.2 Å². The maximum Gasteiger partial charge on any atom is 0.328 e. The summed E-state index contributed by atoms with van der Waals surface area (Å²) in [6.07, 6.45) is 0.683. The van der Waals surface area contributed by atoms with E-state index in [1.54, 1.807) is 0 Å². The number of hydrogen-bond donors (Lipinski definition) is 1. The fourth-order valence-corrected chi connectivity index (χ4v) is 2.52. The molecular weight excluding hydrogens is 312 g/mol. The largest absolute Gasteiger partial charge is 0.467 e. The fourth-order valence-electron chi connectivity index (χ4n) is 2.52. The number of ether oxygens (including phenoxy) is 1. The molecule has 1 aromatic carbocycles. The highest BCUT2D eigenvalue weighted by Crippen LogP contribution is 2.23. The normalized spacial score (nSPS) is 15.8. The molecule has 0 unspecified atom stereocenters. The Hall–Kier alpha value is -2.70. The predicted molar refractivity (Wildman–Crippen MR) is 85.6 cm³/mol. The third-order valence-corrected chi connectivity index (χ3v) is 4.31. The smallest absolute Gasteiger partial charge is 0.328 e. The summed E-state index contributed by atoms with van der Waals surface area (Å²) in [5.74, 6) is -1.97. The Morgan fingerprint density at radius 1 is 1.21 bits per heavy atom. The first-order chi connectivity index (χ1) is 11.3. The van der Waals surface area contributed by atoms with Crippen molar-refractivity contribution in [3.05, 3.63) is 34.9 Å². The van der Waals surface area contributed by atoms with Crippen LogP contribution in [0.25, 0.3) is 0 Å².